The summed E-state index contributed by atoms with van der Waals surface area (Å²) >= 11 is 0. The predicted octanol–water partition coefficient (Wildman–Crippen LogP) is 1.87. The van der Waals surface area contributed by atoms with Crippen molar-refractivity contribution in [2.24, 2.45) is 5.73 Å². The monoisotopic (exact) mass is 272 g/mol. The fourth-order valence-corrected chi connectivity index (χ4v) is 2.44. The summed E-state index contributed by atoms with van der Waals surface area (Å²) in [5.74, 6) is 1.03. The standard InChI is InChI=1S/C15H20N4O/c1-2-13(16)14-10-19(18-17-14)7-5-11-3-4-15-12(9-11)6-8-20-15/h3-4,9-10,13H,2,5-8,16H2,1H3. The third-order valence-corrected chi connectivity index (χ3v) is 3.76. The van der Waals surface area contributed by atoms with Gasteiger partial charge in [-0.2, -0.15) is 0 Å². The normalized spacial score (nSPS) is 14.9. The Labute approximate surface area is 118 Å². The zero-order valence-corrected chi connectivity index (χ0v) is 11.7. The van der Waals surface area contributed by atoms with E-state index in [-0.39, 0.29) is 6.04 Å². The Kier molecular flexibility index (Phi) is 3.69. The van der Waals surface area contributed by atoms with E-state index in [1.165, 1.54) is 11.1 Å². The van der Waals surface area contributed by atoms with Gasteiger partial charge in [0.1, 0.15) is 5.75 Å². The van der Waals surface area contributed by atoms with Crippen molar-refractivity contribution in [3.63, 3.8) is 0 Å². The van der Waals surface area contributed by atoms with Crippen molar-refractivity contribution in [1.82, 2.24) is 15.0 Å². The second-order valence-corrected chi connectivity index (χ2v) is 5.21. The molecule has 1 aliphatic heterocycles. The molecular formula is C15H20N4O. The number of fused-ring (bicyclic) bond motifs is 1. The minimum Gasteiger partial charge on any atom is -0.493 e. The molecule has 0 fully saturated rings. The summed E-state index contributed by atoms with van der Waals surface area (Å²) in [6, 6.07) is 6.41. The van der Waals surface area contributed by atoms with Gasteiger partial charge in [0.15, 0.2) is 0 Å². The lowest BCUT2D eigenvalue weighted by atomic mass is 10.1. The molecular weight excluding hydrogens is 252 g/mol. The maximum Gasteiger partial charge on any atom is 0.122 e. The van der Waals surface area contributed by atoms with E-state index in [1.54, 1.807) is 0 Å². The van der Waals surface area contributed by atoms with E-state index in [2.05, 4.69) is 35.4 Å². The number of nitrogens with zero attached hydrogens (tertiary/aromatic N) is 3. The van der Waals surface area contributed by atoms with Crippen LogP contribution in [0.25, 0.3) is 0 Å². The molecule has 1 unspecified atom stereocenters. The van der Waals surface area contributed by atoms with E-state index < -0.39 is 0 Å². The van der Waals surface area contributed by atoms with Crippen molar-refractivity contribution in [2.45, 2.75) is 38.8 Å². The molecule has 20 heavy (non-hydrogen) atoms. The first-order valence-corrected chi connectivity index (χ1v) is 7.16. The van der Waals surface area contributed by atoms with Gasteiger partial charge in [-0.1, -0.05) is 24.3 Å². The molecule has 0 spiro atoms. The zero-order valence-electron chi connectivity index (χ0n) is 11.7. The summed E-state index contributed by atoms with van der Waals surface area (Å²) < 4.78 is 7.39. The van der Waals surface area contributed by atoms with Gasteiger partial charge in [-0.15, -0.1) is 5.10 Å². The molecule has 2 aromatic rings. The highest BCUT2D eigenvalue weighted by Gasteiger charge is 2.12. The highest BCUT2D eigenvalue weighted by molar-refractivity contribution is 5.39. The first kappa shape index (κ1) is 13.1. The molecule has 0 bridgehead atoms. The molecule has 1 atom stereocenters. The van der Waals surface area contributed by atoms with Crippen molar-refractivity contribution in [3.05, 3.63) is 41.2 Å². The number of hydrogen-bond donors (Lipinski definition) is 1. The second kappa shape index (κ2) is 5.63. The van der Waals surface area contributed by atoms with Crippen LogP contribution < -0.4 is 10.5 Å². The largest absolute Gasteiger partial charge is 0.493 e. The molecule has 1 aromatic carbocycles. The molecule has 5 nitrogen and oxygen atoms in total. The summed E-state index contributed by atoms with van der Waals surface area (Å²) in [4.78, 5) is 0. The number of nitrogens with two attached hydrogens (primary N) is 1. The lowest BCUT2D eigenvalue weighted by molar-refractivity contribution is 0.357. The van der Waals surface area contributed by atoms with Crippen LogP contribution in [0.5, 0.6) is 5.75 Å². The Hall–Kier alpha value is -1.88. The molecule has 0 amide bonds. The summed E-state index contributed by atoms with van der Waals surface area (Å²) in [7, 11) is 0. The number of aromatic nitrogens is 3. The molecule has 0 aliphatic carbocycles. The molecule has 2 N–H and O–H groups in total. The number of benzene rings is 1. The Bertz CT molecular complexity index is 593. The highest BCUT2D eigenvalue weighted by atomic mass is 16.5. The van der Waals surface area contributed by atoms with Crippen LogP contribution in [0.15, 0.2) is 24.4 Å². The van der Waals surface area contributed by atoms with E-state index in [9.17, 15) is 0 Å². The van der Waals surface area contributed by atoms with Gasteiger partial charge in [-0.25, -0.2) is 0 Å². The van der Waals surface area contributed by atoms with Gasteiger partial charge in [0.25, 0.3) is 0 Å². The van der Waals surface area contributed by atoms with Crippen LogP contribution >= 0.6 is 0 Å². The molecule has 1 aromatic heterocycles. The van der Waals surface area contributed by atoms with Gasteiger partial charge >= 0.3 is 0 Å². The van der Waals surface area contributed by atoms with Gasteiger partial charge < -0.3 is 10.5 Å². The summed E-state index contributed by atoms with van der Waals surface area (Å²) in [5, 5.41) is 8.26. The molecule has 0 radical (unpaired) electrons. The van der Waals surface area contributed by atoms with Crippen LogP contribution in [0.1, 0.15) is 36.2 Å². The fraction of sp³-hybridized carbons (Fsp3) is 0.467. The van der Waals surface area contributed by atoms with E-state index in [0.29, 0.717) is 0 Å². The average Bonchev–Trinajstić information content (AvgIpc) is 3.12. The smallest absolute Gasteiger partial charge is 0.122 e. The van der Waals surface area contributed by atoms with Crippen molar-refractivity contribution < 1.29 is 4.74 Å². The summed E-state index contributed by atoms with van der Waals surface area (Å²) in [5.41, 5.74) is 9.44. The average molecular weight is 272 g/mol. The fourth-order valence-electron chi connectivity index (χ4n) is 2.44. The van der Waals surface area contributed by atoms with Crippen molar-refractivity contribution in [3.8, 4) is 5.75 Å². The molecule has 0 saturated heterocycles. The maximum atomic E-state index is 5.95. The van der Waals surface area contributed by atoms with Crippen LogP contribution in [-0.2, 0) is 19.4 Å². The topological polar surface area (TPSA) is 66.0 Å². The number of aryl methyl sites for hydroxylation is 2. The van der Waals surface area contributed by atoms with Gasteiger partial charge in [0.05, 0.1) is 24.5 Å². The summed E-state index contributed by atoms with van der Waals surface area (Å²) in [6.45, 7) is 3.68. The Morgan fingerprint density at radius 3 is 3.20 bits per heavy atom. The van der Waals surface area contributed by atoms with E-state index in [4.69, 9.17) is 10.5 Å². The molecule has 0 saturated carbocycles. The zero-order chi connectivity index (χ0) is 13.9. The molecule has 2 heterocycles. The summed E-state index contributed by atoms with van der Waals surface area (Å²) in [6.07, 6.45) is 4.79. The number of ether oxygens (including phenoxy) is 1. The third kappa shape index (κ3) is 2.67. The first-order chi connectivity index (χ1) is 9.76. The lowest BCUT2D eigenvalue weighted by Crippen LogP contribution is -2.08. The van der Waals surface area contributed by atoms with E-state index >= 15 is 0 Å². The SMILES string of the molecule is CCC(N)c1cn(CCc2ccc3c(c2)CCO3)nn1. The second-order valence-electron chi connectivity index (χ2n) is 5.21. The van der Waals surface area contributed by atoms with Crippen LogP contribution in [-0.4, -0.2) is 21.6 Å². The predicted molar refractivity (Wildman–Crippen MR) is 76.6 cm³/mol. The maximum absolute atomic E-state index is 5.95. The lowest BCUT2D eigenvalue weighted by Gasteiger charge is -2.04. The number of rotatable bonds is 5. The number of hydrogen-bond acceptors (Lipinski definition) is 4. The highest BCUT2D eigenvalue weighted by Crippen LogP contribution is 2.26. The van der Waals surface area contributed by atoms with Gasteiger partial charge in [-0.3, -0.25) is 4.68 Å². The first-order valence-electron chi connectivity index (χ1n) is 7.16. The molecule has 5 heteroatoms. The molecule has 3 rings (SSSR count). The van der Waals surface area contributed by atoms with E-state index in [0.717, 1.165) is 43.9 Å². The Morgan fingerprint density at radius 2 is 2.35 bits per heavy atom. The third-order valence-electron chi connectivity index (χ3n) is 3.76. The molecule has 106 valence electrons. The van der Waals surface area contributed by atoms with Crippen LogP contribution in [0, 0.1) is 0 Å². The van der Waals surface area contributed by atoms with Crippen molar-refractivity contribution >= 4 is 0 Å². The van der Waals surface area contributed by atoms with Gasteiger partial charge in [-0.05, 0) is 30.0 Å². The quantitative estimate of drug-likeness (QED) is 0.902. The van der Waals surface area contributed by atoms with Crippen molar-refractivity contribution in [1.29, 1.82) is 0 Å². The van der Waals surface area contributed by atoms with Crippen LogP contribution in [0.3, 0.4) is 0 Å². The van der Waals surface area contributed by atoms with Crippen molar-refractivity contribution in [2.75, 3.05) is 6.61 Å². The van der Waals surface area contributed by atoms with Crippen LogP contribution in [0.4, 0.5) is 0 Å². The Morgan fingerprint density at radius 1 is 1.45 bits per heavy atom. The van der Waals surface area contributed by atoms with Gasteiger partial charge in [0.2, 0.25) is 0 Å². The van der Waals surface area contributed by atoms with Gasteiger partial charge in [0, 0.05) is 13.0 Å². The van der Waals surface area contributed by atoms with E-state index in [1.807, 2.05) is 10.9 Å². The Balaban J connectivity index is 1.63. The minimum atomic E-state index is -0.0131. The van der Waals surface area contributed by atoms with Crippen LogP contribution in [0.2, 0.25) is 0 Å². The molecule has 1 aliphatic rings. The minimum absolute atomic E-state index is 0.0131.